The highest BCUT2D eigenvalue weighted by Gasteiger charge is 2.29. The maximum atomic E-state index is 11.9. The Morgan fingerprint density at radius 1 is 1.48 bits per heavy atom. The maximum Gasteiger partial charge on any atom is 0.223 e. The van der Waals surface area contributed by atoms with Crippen molar-refractivity contribution in [2.75, 3.05) is 26.8 Å². The number of aryl methyl sites for hydroxylation is 1. The number of ether oxygens (including phenoxy) is 1. The molecular weight excluding hydrogens is 268 g/mol. The Bertz CT molecular complexity index is 650. The number of methoxy groups -OCH3 is 1. The standard InChI is InChI=1S/C16H20N2O3/c1-11-17-14-8-12(3-4-15(14)21-11)7-13-9-16(19)18(10-13)5-6-20-2/h3-4,8,13H,5-7,9-10H2,1-2H3/t13-/m0/s1. The van der Waals surface area contributed by atoms with Crippen molar-refractivity contribution in [3.05, 3.63) is 29.7 Å². The fraction of sp³-hybridized carbons (Fsp3) is 0.500. The summed E-state index contributed by atoms with van der Waals surface area (Å²) in [5.41, 5.74) is 2.92. The molecule has 1 aromatic heterocycles. The van der Waals surface area contributed by atoms with E-state index in [2.05, 4.69) is 17.1 Å². The Kier molecular flexibility index (Phi) is 3.92. The van der Waals surface area contributed by atoms with Crippen LogP contribution in [0.15, 0.2) is 22.6 Å². The van der Waals surface area contributed by atoms with E-state index in [9.17, 15) is 4.79 Å². The highest BCUT2D eigenvalue weighted by molar-refractivity contribution is 5.78. The fourth-order valence-electron chi connectivity index (χ4n) is 2.96. The zero-order chi connectivity index (χ0) is 14.8. The lowest BCUT2D eigenvalue weighted by atomic mass is 9.98. The Morgan fingerprint density at radius 3 is 3.14 bits per heavy atom. The van der Waals surface area contributed by atoms with E-state index >= 15 is 0 Å². The summed E-state index contributed by atoms with van der Waals surface area (Å²) in [4.78, 5) is 18.2. The molecule has 5 heteroatoms. The van der Waals surface area contributed by atoms with Crippen LogP contribution in [0.25, 0.3) is 11.1 Å². The topological polar surface area (TPSA) is 55.6 Å². The quantitative estimate of drug-likeness (QED) is 0.846. The molecule has 5 nitrogen and oxygen atoms in total. The van der Waals surface area contributed by atoms with Crippen molar-refractivity contribution in [2.24, 2.45) is 5.92 Å². The third-order valence-corrected chi connectivity index (χ3v) is 3.94. The molecule has 2 heterocycles. The number of hydrogen-bond acceptors (Lipinski definition) is 4. The van der Waals surface area contributed by atoms with Crippen LogP contribution < -0.4 is 0 Å². The molecule has 0 spiro atoms. The van der Waals surface area contributed by atoms with Crippen molar-refractivity contribution in [3.8, 4) is 0 Å². The summed E-state index contributed by atoms with van der Waals surface area (Å²) in [6.45, 7) is 3.96. The van der Waals surface area contributed by atoms with Crippen LogP contribution in [0.2, 0.25) is 0 Å². The van der Waals surface area contributed by atoms with Crippen LogP contribution in [0.5, 0.6) is 0 Å². The van der Waals surface area contributed by atoms with Crippen molar-refractivity contribution in [1.82, 2.24) is 9.88 Å². The third kappa shape index (κ3) is 3.08. The van der Waals surface area contributed by atoms with Gasteiger partial charge in [-0.2, -0.15) is 0 Å². The van der Waals surface area contributed by atoms with E-state index in [1.54, 1.807) is 7.11 Å². The highest BCUT2D eigenvalue weighted by atomic mass is 16.5. The lowest BCUT2D eigenvalue weighted by Gasteiger charge is -2.15. The molecule has 0 saturated carbocycles. The van der Waals surface area contributed by atoms with Crippen LogP contribution in [0.3, 0.4) is 0 Å². The van der Waals surface area contributed by atoms with E-state index in [0.717, 1.165) is 24.1 Å². The SMILES string of the molecule is COCCN1C[C@@H](Cc2ccc3oc(C)nc3c2)CC1=O. The van der Waals surface area contributed by atoms with Gasteiger partial charge in [-0.15, -0.1) is 0 Å². The number of fused-ring (bicyclic) bond motifs is 1. The molecule has 1 amide bonds. The van der Waals surface area contributed by atoms with Gasteiger partial charge in [0.1, 0.15) is 5.52 Å². The molecule has 21 heavy (non-hydrogen) atoms. The molecule has 112 valence electrons. The first-order valence-electron chi connectivity index (χ1n) is 7.28. The van der Waals surface area contributed by atoms with E-state index in [-0.39, 0.29) is 5.91 Å². The van der Waals surface area contributed by atoms with Crippen LogP contribution in [-0.2, 0) is 16.0 Å². The average molecular weight is 288 g/mol. The summed E-state index contributed by atoms with van der Waals surface area (Å²) in [5.74, 6) is 1.29. The number of hydrogen-bond donors (Lipinski definition) is 0. The molecule has 1 saturated heterocycles. The number of amides is 1. The summed E-state index contributed by atoms with van der Waals surface area (Å²) < 4.78 is 10.5. The minimum Gasteiger partial charge on any atom is -0.441 e. The highest BCUT2D eigenvalue weighted by Crippen LogP contribution is 2.24. The first-order chi connectivity index (χ1) is 10.2. The Morgan fingerprint density at radius 2 is 2.33 bits per heavy atom. The Labute approximate surface area is 123 Å². The lowest BCUT2D eigenvalue weighted by Crippen LogP contribution is -2.28. The summed E-state index contributed by atoms with van der Waals surface area (Å²) in [6.07, 6.45) is 1.52. The zero-order valence-electron chi connectivity index (χ0n) is 12.5. The first-order valence-corrected chi connectivity index (χ1v) is 7.28. The average Bonchev–Trinajstić information content (AvgIpc) is 2.98. The number of carbonyl (C=O) groups is 1. The van der Waals surface area contributed by atoms with Crippen molar-refractivity contribution in [3.63, 3.8) is 0 Å². The largest absolute Gasteiger partial charge is 0.441 e. The minimum atomic E-state index is 0.232. The maximum absolute atomic E-state index is 11.9. The van der Waals surface area contributed by atoms with Gasteiger partial charge in [-0.25, -0.2) is 4.98 Å². The fourth-order valence-corrected chi connectivity index (χ4v) is 2.96. The van der Waals surface area contributed by atoms with Gasteiger partial charge in [0.25, 0.3) is 0 Å². The van der Waals surface area contributed by atoms with Crippen molar-refractivity contribution in [2.45, 2.75) is 19.8 Å². The van der Waals surface area contributed by atoms with Crippen molar-refractivity contribution < 1.29 is 13.9 Å². The first kappa shape index (κ1) is 14.1. The smallest absolute Gasteiger partial charge is 0.223 e. The van der Waals surface area contributed by atoms with Gasteiger partial charge in [0, 0.05) is 33.5 Å². The number of rotatable bonds is 5. The van der Waals surface area contributed by atoms with Gasteiger partial charge in [-0.05, 0) is 30.0 Å². The van der Waals surface area contributed by atoms with Gasteiger partial charge in [-0.1, -0.05) is 6.07 Å². The molecule has 0 bridgehead atoms. The number of oxazole rings is 1. The summed E-state index contributed by atoms with van der Waals surface area (Å²) in [6, 6.07) is 6.09. The molecule has 0 unspecified atom stereocenters. The Balaban J connectivity index is 1.66. The van der Waals surface area contributed by atoms with E-state index < -0.39 is 0 Å². The monoisotopic (exact) mass is 288 g/mol. The van der Waals surface area contributed by atoms with Gasteiger partial charge in [-0.3, -0.25) is 4.79 Å². The number of likely N-dealkylation sites (tertiary alicyclic amines) is 1. The number of nitrogens with zero attached hydrogens (tertiary/aromatic N) is 2. The van der Waals surface area contributed by atoms with Crippen LogP contribution >= 0.6 is 0 Å². The molecule has 0 N–H and O–H groups in total. The van der Waals surface area contributed by atoms with E-state index in [1.807, 2.05) is 17.9 Å². The second kappa shape index (κ2) is 5.85. The minimum absolute atomic E-state index is 0.232. The van der Waals surface area contributed by atoms with Gasteiger partial charge in [0.05, 0.1) is 6.61 Å². The summed E-state index contributed by atoms with van der Waals surface area (Å²) in [7, 11) is 1.66. The normalized spacial score (nSPS) is 18.9. The van der Waals surface area contributed by atoms with Crippen LogP contribution in [0, 0.1) is 12.8 Å². The predicted octanol–water partition coefficient (Wildman–Crippen LogP) is 2.17. The molecule has 3 rings (SSSR count). The lowest BCUT2D eigenvalue weighted by molar-refractivity contribution is -0.128. The van der Waals surface area contributed by atoms with Gasteiger partial charge < -0.3 is 14.1 Å². The number of aromatic nitrogens is 1. The van der Waals surface area contributed by atoms with E-state index in [1.165, 1.54) is 5.56 Å². The molecule has 1 fully saturated rings. The molecule has 0 aliphatic carbocycles. The van der Waals surface area contributed by atoms with Crippen LogP contribution in [-0.4, -0.2) is 42.6 Å². The van der Waals surface area contributed by atoms with Gasteiger partial charge >= 0.3 is 0 Å². The van der Waals surface area contributed by atoms with E-state index in [4.69, 9.17) is 9.15 Å². The van der Waals surface area contributed by atoms with Gasteiger partial charge in [0.2, 0.25) is 5.91 Å². The molecule has 2 aromatic rings. The summed E-state index contributed by atoms with van der Waals surface area (Å²) in [5, 5.41) is 0. The second-order valence-electron chi connectivity index (χ2n) is 5.64. The van der Waals surface area contributed by atoms with Crippen LogP contribution in [0.1, 0.15) is 17.9 Å². The summed E-state index contributed by atoms with van der Waals surface area (Å²) >= 11 is 0. The van der Waals surface area contributed by atoms with Crippen LogP contribution in [0.4, 0.5) is 0 Å². The van der Waals surface area contributed by atoms with Crippen molar-refractivity contribution >= 4 is 17.0 Å². The van der Waals surface area contributed by atoms with E-state index in [0.29, 0.717) is 31.4 Å². The zero-order valence-corrected chi connectivity index (χ0v) is 12.5. The number of carbonyl (C=O) groups excluding carboxylic acids is 1. The molecule has 1 atom stereocenters. The predicted molar refractivity (Wildman–Crippen MR) is 79.0 cm³/mol. The molecular formula is C16H20N2O3. The molecule has 0 radical (unpaired) electrons. The molecule has 1 aromatic carbocycles. The Hall–Kier alpha value is -1.88. The molecule has 1 aliphatic heterocycles. The molecule has 1 aliphatic rings. The number of benzene rings is 1. The van der Waals surface area contributed by atoms with Gasteiger partial charge in [0.15, 0.2) is 11.5 Å². The third-order valence-electron chi connectivity index (χ3n) is 3.94. The second-order valence-corrected chi connectivity index (χ2v) is 5.64. The van der Waals surface area contributed by atoms with Crippen molar-refractivity contribution in [1.29, 1.82) is 0 Å².